The molecule has 0 bridgehead atoms. The van der Waals surface area contributed by atoms with Gasteiger partial charge in [-0.15, -0.1) is 20.4 Å². The van der Waals surface area contributed by atoms with Gasteiger partial charge in [0, 0.05) is 80.7 Å². The summed E-state index contributed by atoms with van der Waals surface area (Å²) in [6.07, 6.45) is 14.8. The zero-order valence-corrected chi connectivity index (χ0v) is 41.2. The molecule has 0 amide bonds. The topological polar surface area (TPSA) is 178 Å². The number of benzene rings is 2. The molecule has 369 valence electrons. The first kappa shape index (κ1) is 53.8. The number of hydrogen-bond acceptors (Lipinski definition) is 14. The Bertz CT molecular complexity index is 3180. The Hall–Kier alpha value is -6.51. The van der Waals surface area contributed by atoms with Gasteiger partial charge in [0.05, 0.1) is 35.1 Å². The second-order valence-corrected chi connectivity index (χ2v) is 18.5. The molecule has 17 nitrogen and oxygen atoms in total. The number of aromatic nitrogens is 12. The first-order valence-corrected chi connectivity index (χ1v) is 23.0. The van der Waals surface area contributed by atoms with Gasteiger partial charge >= 0.3 is 7.12 Å². The molecule has 9 heterocycles. The minimum Gasteiger partial charge on any atom is -0.493 e. The molecule has 3 aliphatic heterocycles. The molecule has 8 aromatic rings. The van der Waals surface area contributed by atoms with Crippen LogP contribution >= 0.6 is 15.9 Å². The molecule has 6 aromatic heterocycles. The van der Waals surface area contributed by atoms with Gasteiger partial charge in [-0.3, -0.25) is 8.80 Å². The summed E-state index contributed by atoms with van der Waals surface area (Å²) in [6.45, 7) is 15.5. The Kier molecular flexibility index (Phi) is 16.6. The van der Waals surface area contributed by atoms with Gasteiger partial charge in [-0.2, -0.15) is 4.57 Å². The van der Waals surface area contributed by atoms with Gasteiger partial charge in [-0.05, 0) is 101 Å². The first-order valence-electron chi connectivity index (χ1n) is 22.2. The van der Waals surface area contributed by atoms with E-state index >= 15 is 0 Å². The highest BCUT2D eigenvalue weighted by Crippen LogP contribution is 2.37. The van der Waals surface area contributed by atoms with Crippen molar-refractivity contribution in [3.05, 3.63) is 129 Å². The maximum absolute atomic E-state index is 14.4. The van der Waals surface area contributed by atoms with Crippen LogP contribution in [-0.2, 0) is 48.6 Å². The van der Waals surface area contributed by atoms with Gasteiger partial charge in [0.25, 0.3) is 0 Å². The molecule has 0 aliphatic carbocycles. The number of nitrogens with zero attached hydrogens (tertiary/aromatic N) is 12. The summed E-state index contributed by atoms with van der Waals surface area (Å²) in [5.41, 5.74) is 8.43. The lowest BCUT2D eigenvalue weighted by molar-refractivity contribution is -0.661. The molecular formula is C49H58B2BrF2N13O4+. The van der Waals surface area contributed by atoms with E-state index in [-0.39, 0.29) is 53.2 Å². The Balaban J connectivity index is 0.000000177. The Morgan fingerprint density at radius 2 is 1.38 bits per heavy atom. The SMILES string of the molecule is C.C.Cc1c[n+](C)c(-c2cnc(CCc3c(F)ccc4c3CCO4)n3cnnc23)cn1.Cc1ncc(B2OC(C)(C)C(C)(C)O2)c(C)n1.Fc1ccc2c(c1CNc1ncc(Br)c3nncn13)CCO2.[B]. The van der Waals surface area contributed by atoms with Crippen LogP contribution in [0.5, 0.6) is 11.5 Å². The number of halogens is 3. The molecule has 2 aromatic carbocycles. The zero-order valence-electron chi connectivity index (χ0n) is 39.6. The van der Waals surface area contributed by atoms with Crippen LogP contribution in [0.2, 0.25) is 0 Å². The van der Waals surface area contributed by atoms with E-state index in [1.807, 2.05) is 76.9 Å². The highest BCUT2D eigenvalue weighted by molar-refractivity contribution is 9.10. The third kappa shape index (κ3) is 10.9. The van der Waals surface area contributed by atoms with Crippen LogP contribution < -0.4 is 24.8 Å². The standard InChI is InChI=1S/C21H20FN6O.C14H11BrFN5O.C12H19BN2O2.2CH4.B/c1-13-11-27(2)18(10-23-13)16-9-24-20(28-12-25-26-21(16)28)6-3-14-15-7-8-29-19(15)5-4-17(14)22;15-10-6-18-14(21-7-19-20-13(10)21)17-5-9-8-3-4-22-12(8)2-1-11(9)16;1-8-10(7-14-9(2)15-8)13-16-11(3,4)12(5,6)17-13;;;/h4-5,9-12H,3,6-8H2,1-2H3;1-2,6-7H,3-5H2,(H,17,18);7H,1-6H3;2*1H4;/q+1;;;;;. The van der Waals surface area contributed by atoms with E-state index in [1.54, 1.807) is 47.8 Å². The molecule has 11 rings (SSSR count). The van der Waals surface area contributed by atoms with Crippen molar-refractivity contribution in [1.29, 1.82) is 0 Å². The molecule has 0 atom stereocenters. The Labute approximate surface area is 423 Å². The van der Waals surface area contributed by atoms with Crippen molar-refractivity contribution >= 4 is 54.2 Å². The molecule has 0 saturated carbocycles. The summed E-state index contributed by atoms with van der Waals surface area (Å²) in [5.74, 6) is 3.22. The van der Waals surface area contributed by atoms with Gasteiger partial charge < -0.3 is 24.1 Å². The summed E-state index contributed by atoms with van der Waals surface area (Å²) in [4.78, 5) is 21.9. The van der Waals surface area contributed by atoms with E-state index in [0.29, 0.717) is 61.0 Å². The monoisotopic (exact) mass is 1030 g/mol. The van der Waals surface area contributed by atoms with Crippen molar-refractivity contribution in [3.63, 3.8) is 0 Å². The predicted octanol–water partition coefficient (Wildman–Crippen LogP) is 7.04. The predicted molar refractivity (Wildman–Crippen MR) is 271 cm³/mol. The molecule has 3 aliphatic rings. The fourth-order valence-corrected chi connectivity index (χ4v) is 8.71. The van der Waals surface area contributed by atoms with Crippen LogP contribution in [-0.4, -0.2) is 94.1 Å². The van der Waals surface area contributed by atoms with Crippen LogP contribution in [0.15, 0.2) is 72.4 Å². The zero-order chi connectivity index (χ0) is 47.9. The largest absolute Gasteiger partial charge is 0.498 e. The van der Waals surface area contributed by atoms with Crippen molar-refractivity contribution in [2.45, 2.75) is 107 Å². The Morgan fingerprint density at radius 1 is 0.761 bits per heavy atom. The number of nitrogens with one attached hydrogen (secondary N) is 1. The molecule has 1 N–H and O–H groups in total. The van der Waals surface area contributed by atoms with E-state index in [2.05, 4.69) is 66.6 Å². The van der Waals surface area contributed by atoms with Crippen molar-refractivity contribution < 1.29 is 32.1 Å². The first-order chi connectivity index (χ1) is 32.6. The number of rotatable bonds is 8. The average molecular weight is 1030 g/mol. The quantitative estimate of drug-likeness (QED) is 0.121. The molecule has 3 radical (unpaired) electrons. The van der Waals surface area contributed by atoms with Gasteiger partial charge in [0.1, 0.15) is 65.7 Å². The minimum absolute atomic E-state index is 0. The van der Waals surface area contributed by atoms with Crippen LogP contribution in [0.3, 0.4) is 0 Å². The van der Waals surface area contributed by atoms with Crippen LogP contribution in [0.25, 0.3) is 22.6 Å². The number of ether oxygens (including phenoxy) is 2. The maximum Gasteiger partial charge on any atom is 0.498 e. The van der Waals surface area contributed by atoms with Crippen LogP contribution in [0.4, 0.5) is 14.7 Å². The summed E-state index contributed by atoms with van der Waals surface area (Å²) in [6, 6.07) is 6.30. The van der Waals surface area contributed by atoms with Crippen molar-refractivity contribution in [2.24, 2.45) is 7.05 Å². The second-order valence-electron chi connectivity index (χ2n) is 17.7. The minimum atomic E-state index is -0.374. The molecule has 0 spiro atoms. The molecule has 22 heteroatoms. The highest BCUT2D eigenvalue weighted by Gasteiger charge is 2.52. The smallest absolute Gasteiger partial charge is 0.493 e. The molecule has 71 heavy (non-hydrogen) atoms. The lowest BCUT2D eigenvalue weighted by atomic mass is 9.79. The fourth-order valence-electron chi connectivity index (χ4n) is 8.34. The summed E-state index contributed by atoms with van der Waals surface area (Å²) >= 11 is 3.37. The highest BCUT2D eigenvalue weighted by atomic mass is 79.9. The third-order valence-electron chi connectivity index (χ3n) is 12.7. The van der Waals surface area contributed by atoms with Crippen molar-refractivity contribution in [2.75, 3.05) is 18.5 Å². The van der Waals surface area contributed by atoms with Gasteiger partial charge in [0.2, 0.25) is 11.6 Å². The number of anilines is 1. The normalized spacial score (nSPS) is 14.6. The molecule has 0 unspecified atom stereocenters. The van der Waals surface area contributed by atoms with Crippen LogP contribution in [0, 0.1) is 32.4 Å². The number of hydrogen-bond donors (Lipinski definition) is 1. The van der Waals surface area contributed by atoms with Crippen molar-refractivity contribution in [3.8, 4) is 22.8 Å². The van der Waals surface area contributed by atoms with Gasteiger partial charge in [0.15, 0.2) is 17.5 Å². The third-order valence-corrected chi connectivity index (χ3v) is 13.2. The van der Waals surface area contributed by atoms with Gasteiger partial charge in [-0.1, -0.05) is 14.9 Å². The second kappa shape index (κ2) is 21.9. The average Bonchev–Trinajstić information content (AvgIpc) is 4.16. The lowest BCUT2D eigenvalue weighted by Crippen LogP contribution is -2.41. The molecule has 1 saturated heterocycles. The summed E-state index contributed by atoms with van der Waals surface area (Å²) in [7, 11) is 1.59. The van der Waals surface area contributed by atoms with E-state index in [1.165, 1.54) is 12.1 Å². The van der Waals surface area contributed by atoms with E-state index < -0.39 is 0 Å². The van der Waals surface area contributed by atoms with E-state index in [9.17, 15) is 8.78 Å². The summed E-state index contributed by atoms with van der Waals surface area (Å²) in [5, 5.41) is 19.4. The van der Waals surface area contributed by atoms with Crippen LogP contribution in [0.1, 0.15) is 87.8 Å². The fraction of sp³-hybridized carbons (Fsp3) is 0.388. The lowest BCUT2D eigenvalue weighted by Gasteiger charge is -2.32. The number of aryl methyl sites for hydroxylation is 5. The molecule has 1 fully saturated rings. The number of fused-ring (bicyclic) bond motifs is 4. The maximum atomic E-state index is 14.4. The van der Waals surface area contributed by atoms with Gasteiger partial charge in [-0.25, -0.2) is 33.7 Å². The van der Waals surface area contributed by atoms with Crippen molar-refractivity contribution in [1.82, 2.24) is 54.1 Å². The summed E-state index contributed by atoms with van der Waals surface area (Å²) < 4.78 is 57.9. The van der Waals surface area contributed by atoms with E-state index in [0.717, 1.165) is 79.7 Å². The van der Waals surface area contributed by atoms with E-state index in [4.69, 9.17) is 18.8 Å². The Morgan fingerprint density at radius 3 is 2.03 bits per heavy atom. The molecular weight excluding hydrogens is 974 g/mol.